The predicted molar refractivity (Wildman–Crippen MR) is 55.6 cm³/mol. The Kier molecular flexibility index (Phi) is 3.25. The van der Waals surface area contributed by atoms with Crippen LogP contribution < -0.4 is 11.1 Å². The molecule has 1 aromatic heterocycles. The highest BCUT2D eigenvalue weighted by atomic mass is 14.9. The summed E-state index contributed by atoms with van der Waals surface area (Å²) in [5.41, 5.74) is 6.85. The van der Waals surface area contributed by atoms with Crippen molar-refractivity contribution in [3.63, 3.8) is 0 Å². The smallest absolute Gasteiger partial charge is 0.0371 e. The average Bonchev–Trinajstić information content (AvgIpc) is 2.04. The monoisotopic (exact) mass is 179 g/mol. The van der Waals surface area contributed by atoms with E-state index in [2.05, 4.69) is 10.3 Å². The van der Waals surface area contributed by atoms with Crippen molar-refractivity contribution in [1.82, 2.24) is 4.98 Å². The minimum Gasteiger partial charge on any atom is -0.385 e. The fourth-order valence-electron chi connectivity index (χ4n) is 0.999. The van der Waals surface area contributed by atoms with Crippen LogP contribution in [-0.4, -0.2) is 17.1 Å². The van der Waals surface area contributed by atoms with E-state index in [9.17, 15) is 0 Å². The maximum atomic E-state index is 5.85. The minimum atomic E-state index is -0.0972. The summed E-state index contributed by atoms with van der Waals surface area (Å²) in [6.45, 7) is 4.95. The molecule has 0 spiro atoms. The van der Waals surface area contributed by atoms with Crippen molar-refractivity contribution in [2.45, 2.75) is 25.8 Å². The molecule has 0 saturated carbocycles. The van der Waals surface area contributed by atoms with Crippen LogP contribution in [0.1, 0.15) is 20.3 Å². The number of hydrogen-bond donors (Lipinski definition) is 2. The topological polar surface area (TPSA) is 50.9 Å². The lowest BCUT2D eigenvalue weighted by atomic mass is 10.0. The van der Waals surface area contributed by atoms with Crippen LogP contribution in [0.15, 0.2) is 24.5 Å². The van der Waals surface area contributed by atoms with Gasteiger partial charge < -0.3 is 11.1 Å². The molecule has 0 fully saturated rings. The first-order valence-electron chi connectivity index (χ1n) is 4.51. The molecule has 0 aromatic carbocycles. The van der Waals surface area contributed by atoms with Crippen LogP contribution in [0.5, 0.6) is 0 Å². The highest BCUT2D eigenvalue weighted by Gasteiger charge is 2.08. The van der Waals surface area contributed by atoms with Gasteiger partial charge in [0.05, 0.1) is 0 Å². The summed E-state index contributed by atoms with van der Waals surface area (Å²) in [6.07, 6.45) is 4.50. The molecule has 1 rings (SSSR count). The van der Waals surface area contributed by atoms with Crippen LogP contribution in [0.2, 0.25) is 0 Å². The molecule has 0 unspecified atom stereocenters. The maximum Gasteiger partial charge on any atom is 0.0371 e. The van der Waals surface area contributed by atoms with E-state index in [1.165, 1.54) is 0 Å². The molecule has 1 heterocycles. The van der Waals surface area contributed by atoms with Gasteiger partial charge in [0.15, 0.2) is 0 Å². The Hall–Kier alpha value is -1.09. The van der Waals surface area contributed by atoms with E-state index in [0.717, 1.165) is 18.7 Å². The third-order valence-electron chi connectivity index (χ3n) is 1.78. The maximum absolute atomic E-state index is 5.85. The molecule has 3 heteroatoms. The fourth-order valence-corrected chi connectivity index (χ4v) is 0.999. The Bertz CT molecular complexity index is 238. The van der Waals surface area contributed by atoms with Crippen LogP contribution in [0, 0.1) is 0 Å². The molecule has 0 radical (unpaired) electrons. The number of anilines is 1. The number of nitrogens with zero attached hydrogens (tertiary/aromatic N) is 1. The van der Waals surface area contributed by atoms with Gasteiger partial charge in [-0.15, -0.1) is 0 Å². The molecule has 0 bridgehead atoms. The molecule has 0 aliphatic carbocycles. The van der Waals surface area contributed by atoms with Gasteiger partial charge in [-0.1, -0.05) is 0 Å². The first kappa shape index (κ1) is 9.99. The van der Waals surface area contributed by atoms with Gasteiger partial charge in [-0.2, -0.15) is 0 Å². The highest BCUT2D eigenvalue weighted by Crippen LogP contribution is 2.06. The third-order valence-corrected chi connectivity index (χ3v) is 1.78. The van der Waals surface area contributed by atoms with E-state index in [-0.39, 0.29) is 5.54 Å². The number of rotatable bonds is 4. The second-order valence-corrected chi connectivity index (χ2v) is 3.90. The summed E-state index contributed by atoms with van der Waals surface area (Å²) in [7, 11) is 0. The second kappa shape index (κ2) is 4.23. The van der Waals surface area contributed by atoms with Crippen molar-refractivity contribution in [3.05, 3.63) is 24.5 Å². The molecule has 3 N–H and O–H groups in total. The van der Waals surface area contributed by atoms with E-state index < -0.39 is 0 Å². The summed E-state index contributed by atoms with van der Waals surface area (Å²) >= 11 is 0. The number of pyridine rings is 1. The summed E-state index contributed by atoms with van der Waals surface area (Å²) in [4.78, 5) is 3.94. The molecular weight excluding hydrogens is 162 g/mol. The number of hydrogen-bond acceptors (Lipinski definition) is 3. The van der Waals surface area contributed by atoms with Crippen molar-refractivity contribution in [3.8, 4) is 0 Å². The summed E-state index contributed by atoms with van der Waals surface area (Å²) < 4.78 is 0. The van der Waals surface area contributed by atoms with Gasteiger partial charge in [-0.25, -0.2) is 0 Å². The largest absolute Gasteiger partial charge is 0.385 e. The molecule has 1 aromatic rings. The number of nitrogens with two attached hydrogens (primary N) is 1. The zero-order chi connectivity index (χ0) is 9.73. The fraction of sp³-hybridized carbons (Fsp3) is 0.500. The Balaban J connectivity index is 2.29. The number of nitrogens with one attached hydrogen (secondary N) is 1. The van der Waals surface area contributed by atoms with Crippen LogP contribution in [0.25, 0.3) is 0 Å². The van der Waals surface area contributed by atoms with Gasteiger partial charge in [-0.3, -0.25) is 4.98 Å². The molecule has 0 atom stereocenters. The molecule has 0 aliphatic heterocycles. The first-order valence-corrected chi connectivity index (χ1v) is 4.51. The Morgan fingerprint density at radius 1 is 1.38 bits per heavy atom. The summed E-state index contributed by atoms with van der Waals surface area (Å²) in [5.74, 6) is 0. The van der Waals surface area contributed by atoms with Gasteiger partial charge >= 0.3 is 0 Å². The van der Waals surface area contributed by atoms with E-state index in [0.29, 0.717) is 0 Å². The minimum absolute atomic E-state index is 0.0972. The van der Waals surface area contributed by atoms with Gasteiger partial charge in [0.1, 0.15) is 0 Å². The zero-order valence-corrected chi connectivity index (χ0v) is 8.25. The molecule has 0 amide bonds. The van der Waals surface area contributed by atoms with Gasteiger partial charge in [-0.05, 0) is 32.4 Å². The van der Waals surface area contributed by atoms with Gasteiger partial charge in [0.25, 0.3) is 0 Å². The van der Waals surface area contributed by atoms with Crippen molar-refractivity contribution in [1.29, 1.82) is 0 Å². The van der Waals surface area contributed by atoms with E-state index >= 15 is 0 Å². The molecule has 13 heavy (non-hydrogen) atoms. The lowest BCUT2D eigenvalue weighted by Crippen LogP contribution is -2.34. The van der Waals surface area contributed by atoms with Crippen LogP contribution in [0.4, 0.5) is 5.69 Å². The summed E-state index contributed by atoms with van der Waals surface area (Å²) in [6, 6.07) is 3.90. The molecular formula is C10H17N3. The molecule has 0 aliphatic rings. The van der Waals surface area contributed by atoms with Crippen molar-refractivity contribution in [2.24, 2.45) is 5.73 Å². The van der Waals surface area contributed by atoms with Crippen molar-refractivity contribution in [2.75, 3.05) is 11.9 Å². The lowest BCUT2D eigenvalue weighted by molar-refractivity contribution is 0.491. The molecule has 3 nitrogen and oxygen atoms in total. The Labute approximate surface area is 79.4 Å². The summed E-state index contributed by atoms with van der Waals surface area (Å²) in [5, 5.41) is 3.28. The third kappa shape index (κ3) is 4.48. The van der Waals surface area contributed by atoms with Crippen molar-refractivity contribution < 1.29 is 0 Å². The van der Waals surface area contributed by atoms with Gasteiger partial charge in [0, 0.05) is 30.2 Å². The van der Waals surface area contributed by atoms with Crippen LogP contribution in [-0.2, 0) is 0 Å². The van der Waals surface area contributed by atoms with E-state index in [4.69, 9.17) is 5.73 Å². The number of aromatic nitrogens is 1. The van der Waals surface area contributed by atoms with E-state index in [1.807, 2.05) is 26.0 Å². The van der Waals surface area contributed by atoms with Crippen molar-refractivity contribution >= 4 is 5.69 Å². The molecule has 0 saturated heterocycles. The van der Waals surface area contributed by atoms with E-state index in [1.54, 1.807) is 12.4 Å². The highest BCUT2D eigenvalue weighted by molar-refractivity contribution is 5.40. The Morgan fingerprint density at radius 3 is 2.54 bits per heavy atom. The molecule has 72 valence electrons. The second-order valence-electron chi connectivity index (χ2n) is 3.90. The average molecular weight is 179 g/mol. The lowest BCUT2D eigenvalue weighted by Gasteiger charge is -2.18. The zero-order valence-electron chi connectivity index (χ0n) is 8.25. The quantitative estimate of drug-likeness (QED) is 0.738. The van der Waals surface area contributed by atoms with Gasteiger partial charge in [0.2, 0.25) is 0 Å². The predicted octanol–water partition coefficient (Wildman–Crippen LogP) is 1.62. The van der Waals surface area contributed by atoms with Crippen LogP contribution in [0.3, 0.4) is 0 Å². The SMILES string of the molecule is CC(C)(N)CCNc1ccncc1. The van der Waals surface area contributed by atoms with Crippen LogP contribution >= 0.6 is 0 Å². The standard InChI is InChI=1S/C10H17N3/c1-10(2,11)5-8-13-9-3-6-12-7-4-9/h3-4,6-7H,5,8,11H2,1-2H3,(H,12,13). The normalized spacial score (nSPS) is 11.3. The Morgan fingerprint density at radius 2 is 2.00 bits per heavy atom. The first-order chi connectivity index (χ1) is 6.08.